The fraction of sp³-hybridized carbons (Fsp3) is 0.286. The average Bonchev–Trinajstić information content (AvgIpc) is 2.01. The SMILES string of the molecule is CC(=O)n1c(=O)c(C)cn(Br)c1=O. The molecule has 0 saturated carbocycles. The van der Waals surface area contributed by atoms with Gasteiger partial charge >= 0.3 is 5.69 Å². The minimum Gasteiger partial charge on any atom is -0.274 e. The van der Waals surface area contributed by atoms with Gasteiger partial charge in [-0.1, -0.05) is 0 Å². The molecule has 70 valence electrons. The van der Waals surface area contributed by atoms with Crippen LogP contribution in [0.25, 0.3) is 0 Å². The molecule has 6 heteroatoms. The summed E-state index contributed by atoms with van der Waals surface area (Å²) in [6, 6.07) is 0. The van der Waals surface area contributed by atoms with Crippen molar-refractivity contribution >= 4 is 22.1 Å². The molecule has 0 fully saturated rings. The van der Waals surface area contributed by atoms with Gasteiger partial charge in [-0.2, -0.15) is 4.57 Å². The van der Waals surface area contributed by atoms with E-state index in [1.54, 1.807) is 0 Å². The van der Waals surface area contributed by atoms with Crippen LogP contribution in [0.2, 0.25) is 0 Å². The zero-order chi connectivity index (χ0) is 10.2. The Labute approximate surface area is 81.9 Å². The molecule has 0 atom stereocenters. The summed E-state index contributed by atoms with van der Waals surface area (Å²) in [5.41, 5.74) is -0.942. The van der Waals surface area contributed by atoms with Crippen molar-refractivity contribution in [3.63, 3.8) is 0 Å². The monoisotopic (exact) mass is 246 g/mol. The molecule has 0 aliphatic heterocycles. The van der Waals surface area contributed by atoms with E-state index in [2.05, 4.69) is 16.1 Å². The normalized spacial score (nSPS) is 10.1. The molecular formula is C7H7BrN2O3. The average molecular weight is 247 g/mol. The number of carbonyl (C=O) groups is 1. The molecule has 0 spiro atoms. The quantitative estimate of drug-likeness (QED) is 0.655. The molecule has 0 aromatic carbocycles. The minimum absolute atomic E-state index is 0.326. The van der Waals surface area contributed by atoms with E-state index in [1.165, 1.54) is 13.1 Å². The van der Waals surface area contributed by atoms with E-state index in [0.29, 0.717) is 10.1 Å². The molecule has 0 unspecified atom stereocenters. The molecule has 0 radical (unpaired) electrons. The highest BCUT2D eigenvalue weighted by Gasteiger charge is 2.10. The van der Waals surface area contributed by atoms with Crippen LogP contribution >= 0.6 is 16.1 Å². The van der Waals surface area contributed by atoms with E-state index < -0.39 is 17.2 Å². The van der Waals surface area contributed by atoms with Crippen LogP contribution in [0.5, 0.6) is 0 Å². The Bertz CT molecular complexity index is 437. The van der Waals surface area contributed by atoms with Crippen LogP contribution < -0.4 is 11.2 Å². The topological polar surface area (TPSA) is 61.1 Å². The van der Waals surface area contributed by atoms with Crippen molar-refractivity contribution in [3.05, 3.63) is 32.6 Å². The van der Waals surface area contributed by atoms with Gasteiger partial charge in [0.05, 0.1) is 16.1 Å². The van der Waals surface area contributed by atoms with Crippen molar-refractivity contribution in [2.45, 2.75) is 13.8 Å². The van der Waals surface area contributed by atoms with Gasteiger partial charge in [0.25, 0.3) is 5.56 Å². The van der Waals surface area contributed by atoms with Gasteiger partial charge in [-0.3, -0.25) is 9.59 Å². The highest BCUT2D eigenvalue weighted by Crippen LogP contribution is 1.89. The van der Waals surface area contributed by atoms with Crippen LogP contribution in [0, 0.1) is 6.92 Å². The van der Waals surface area contributed by atoms with Crippen LogP contribution in [0.15, 0.2) is 15.8 Å². The molecule has 0 aliphatic carbocycles. The number of nitrogens with zero attached hydrogens (tertiary/aromatic N) is 2. The second kappa shape index (κ2) is 3.29. The Morgan fingerprint density at radius 2 is 2.00 bits per heavy atom. The molecule has 0 bridgehead atoms. The fourth-order valence-electron chi connectivity index (χ4n) is 0.917. The standard InChI is InChI=1S/C7H7BrN2O3/c1-4-3-9(8)7(13)10(5(2)11)6(4)12/h3H,1-2H3. The maximum atomic E-state index is 11.3. The first-order valence-electron chi connectivity index (χ1n) is 3.47. The number of carbonyl (C=O) groups excluding carboxylic acids is 1. The van der Waals surface area contributed by atoms with Crippen molar-refractivity contribution in [2.75, 3.05) is 0 Å². The molecule has 1 aromatic rings. The van der Waals surface area contributed by atoms with E-state index >= 15 is 0 Å². The zero-order valence-corrected chi connectivity index (χ0v) is 8.66. The highest BCUT2D eigenvalue weighted by molar-refractivity contribution is 9.08. The van der Waals surface area contributed by atoms with Crippen molar-refractivity contribution in [1.82, 2.24) is 8.16 Å². The number of rotatable bonds is 0. The van der Waals surface area contributed by atoms with E-state index in [0.717, 1.165) is 10.5 Å². The molecule has 0 aliphatic rings. The van der Waals surface area contributed by atoms with Crippen molar-refractivity contribution in [2.24, 2.45) is 0 Å². The number of hydrogen-bond donors (Lipinski definition) is 0. The molecular weight excluding hydrogens is 240 g/mol. The lowest BCUT2D eigenvalue weighted by atomic mass is 10.4. The van der Waals surface area contributed by atoms with Gasteiger partial charge in [-0.05, 0) is 6.92 Å². The minimum atomic E-state index is -0.692. The maximum absolute atomic E-state index is 11.3. The lowest BCUT2D eigenvalue weighted by Gasteiger charge is -2.02. The molecule has 1 aromatic heterocycles. The number of aromatic nitrogens is 2. The van der Waals surface area contributed by atoms with Gasteiger partial charge in [0, 0.05) is 18.7 Å². The summed E-state index contributed by atoms with van der Waals surface area (Å²) in [7, 11) is 0. The predicted octanol–water partition coefficient (Wildman–Crippen LogP) is 0.137. The van der Waals surface area contributed by atoms with Crippen LogP contribution in [0.1, 0.15) is 17.3 Å². The summed E-state index contributed by atoms with van der Waals surface area (Å²) in [6.07, 6.45) is 1.32. The summed E-state index contributed by atoms with van der Waals surface area (Å²) in [4.78, 5) is 33.5. The third-order valence-electron chi connectivity index (χ3n) is 1.54. The smallest absolute Gasteiger partial charge is 0.274 e. The summed E-state index contributed by atoms with van der Waals surface area (Å²) in [5, 5.41) is 0. The summed E-state index contributed by atoms with van der Waals surface area (Å²) >= 11 is 2.89. The number of hydrogen-bond acceptors (Lipinski definition) is 3. The van der Waals surface area contributed by atoms with Crippen molar-refractivity contribution in [1.29, 1.82) is 0 Å². The molecule has 0 N–H and O–H groups in total. The van der Waals surface area contributed by atoms with Crippen LogP contribution in [0.4, 0.5) is 0 Å². The Kier molecular flexibility index (Phi) is 2.51. The third-order valence-corrected chi connectivity index (χ3v) is 2.04. The summed E-state index contributed by atoms with van der Waals surface area (Å²) in [5.74, 6) is -0.591. The van der Waals surface area contributed by atoms with Gasteiger partial charge in [0.1, 0.15) is 0 Å². The molecule has 1 rings (SSSR count). The van der Waals surface area contributed by atoms with Crippen molar-refractivity contribution in [3.8, 4) is 0 Å². The second-order valence-corrected chi connectivity index (χ2v) is 3.33. The maximum Gasteiger partial charge on any atom is 0.348 e. The van der Waals surface area contributed by atoms with E-state index in [9.17, 15) is 14.4 Å². The first-order valence-corrected chi connectivity index (χ1v) is 4.18. The van der Waals surface area contributed by atoms with E-state index in [-0.39, 0.29) is 0 Å². The molecule has 13 heavy (non-hydrogen) atoms. The van der Waals surface area contributed by atoms with Gasteiger partial charge in [0.2, 0.25) is 5.91 Å². The highest BCUT2D eigenvalue weighted by atomic mass is 79.9. The molecule has 0 amide bonds. The largest absolute Gasteiger partial charge is 0.348 e. The second-order valence-electron chi connectivity index (χ2n) is 2.57. The van der Waals surface area contributed by atoms with Crippen molar-refractivity contribution < 1.29 is 4.79 Å². The molecule has 1 heterocycles. The van der Waals surface area contributed by atoms with Gasteiger partial charge in [-0.15, -0.1) is 0 Å². The third kappa shape index (κ3) is 1.62. The first-order chi connectivity index (χ1) is 5.95. The van der Waals surface area contributed by atoms with Crippen LogP contribution in [-0.2, 0) is 0 Å². The number of aryl methyl sites for hydroxylation is 1. The van der Waals surface area contributed by atoms with E-state index in [1.807, 2.05) is 0 Å². The predicted molar refractivity (Wildman–Crippen MR) is 50.3 cm³/mol. The Morgan fingerprint density at radius 3 is 2.46 bits per heavy atom. The van der Waals surface area contributed by atoms with E-state index in [4.69, 9.17) is 0 Å². The summed E-state index contributed by atoms with van der Waals surface area (Å²) in [6.45, 7) is 2.69. The number of halogens is 1. The Balaban J connectivity index is 3.77. The Hall–Kier alpha value is -1.17. The Morgan fingerprint density at radius 1 is 1.46 bits per heavy atom. The molecule has 5 nitrogen and oxygen atoms in total. The van der Waals surface area contributed by atoms with Crippen LogP contribution in [0.3, 0.4) is 0 Å². The lowest BCUT2D eigenvalue weighted by Crippen LogP contribution is -2.41. The molecule has 0 saturated heterocycles. The fourth-order valence-corrected chi connectivity index (χ4v) is 1.38. The van der Waals surface area contributed by atoms with Gasteiger partial charge in [-0.25, -0.2) is 8.39 Å². The van der Waals surface area contributed by atoms with Gasteiger partial charge in [0.15, 0.2) is 0 Å². The lowest BCUT2D eigenvalue weighted by molar-refractivity contribution is 0.0926. The zero-order valence-electron chi connectivity index (χ0n) is 7.07. The van der Waals surface area contributed by atoms with Crippen LogP contribution in [-0.4, -0.2) is 14.1 Å². The first kappa shape index (κ1) is 9.91. The summed E-state index contributed by atoms with van der Waals surface area (Å²) < 4.78 is 1.59. The van der Waals surface area contributed by atoms with Gasteiger partial charge < -0.3 is 0 Å².